The summed E-state index contributed by atoms with van der Waals surface area (Å²) < 4.78 is 10.9. The highest BCUT2D eigenvalue weighted by Crippen LogP contribution is 2.33. The Kier molecular flexibility index (Phi) is 9.21. The van der Waals surface area contributed by atoms with Gasteiger partial charge < -0.3 is 19.8 Å². The molecule has 0 amide bonds. The molecule has 2 N–H and O–H groups in total. The number of furan rings is 1. The van der Waals surface area contributed by atoms with E-state index in [4.69, 9.17) is 9.15 Å². The van der Waals surface area contributed by atoms with Gasteiger partial charge in [0.1, 0.15) is 5.76 Å². The second-order valence-electron chi connectivity index (χ2n) is 7.07. The third kappa shape index (κ3) is 5.85. The van der Waals surface area contributed by atoms with Crippen LogP contribution in [0.5, 0.6) is 0 Å². The van der Waals surface area contributed by atoms with E-state index in [-0.39, 0.29) is 29.5 Å². The largest absolute Gasteiger partial charge is 0.469 e. The summed E-state index contributed by atoms with van der Waals surface area (Å²) in [5.74, 6) is 1.88. The van der Waals surface area contributed by atoms with Crippen LogP contribution in [-0.4, -0.2) is 62.8 Å². The van der Waals surface area contributed by atoms with Gasteiger partial charge in [0, 0.05) is 45.2 Å². The van der Waals surface area contributed by atoms with Gasteiger partial charge in [-0.25, -0.2) is 0 Å². The molecule has 6 nitrogen and oxygen atoms in total. The van der Waals surface area contributed by atoms with Crippen LogP contribution in [0.4, 0.5) is 0 Å². The van der Waals surface area contributed by atoms with Crippen molar-refractivity contribution >= 4 is 29.9 Å². The van der Waals surface area contributed by atoms with Gasteiger partial charge in [0.05, 0.1) is 19.5 Å². The summed E-state index contributed by atoms with van der Waals surface area (Å²) >= 11 is 0. The lowest BCUT2D eigenvalue weighted by atomic mass is 9.80. The first-order valence-electron chi connectivity index (χ1n) is 9.62. The molecule has 2 fully saturated rings. The number of halogens is 1. The summed E-state index contributed by atoms with van der Waals surface area (Å²) in [7, 11) is 1.84. The second-order valence-corrected chi connectivity index (χ2v) is 7.07. The number of nitrogens with zero attached hydrogens (tertiary/aromatic N) is 2. The molecular formula is C19H33IN4O2. The summed E-state index contributed by atoms with van der Waals surface area (Å²) in [5, 5.41) is 6.99. The van der Waals surface area contributed by atoms with E-state index in [0.29, 0.717) is 0 Å². The zero-order valence-electron chi connectivity index (χ0n) is 15.8. The molecule has 0 radical (unpaired) electrons. The van der Waals surface area contributed by atoms with Crippen molar-refractivity contribution in [1.29, 1.82) is 0 Å². The number of hydrogen-bond donors (Lipinski definition) is 2. The molecule has 148 valence electrons. The maximum absolute atomic E-state index is 5.56. The number of morpholine rings is 1. The Labute approximate surface area is 174 Å². The second kappa shape index (κ2) is 11.1. The maximum atomic E-state index is 5.56. The van der Waals surface area contributed by atoms with Gasteiger partial charge in [0.2, 0.25) is 0 Å². The van der Waals surface area contributed by atoms with Crippen LogP contribution in [0.15, 0.2) is 27.8 Å². The minimum Gasteiger partial charge on any atom is -0.469 e. The molecule has 1 saturated heterocycles. The molecule has 1 aromatic heterocycles. The highest BCUT2D eigenvalue weighted by atomic mass is 127. The molecule has 1 saturated carbocycles. The monoisotopic (exact) mass is 476 g/mol. The topological polar surface area (TPSA) is 62.0 Å². The Bertz CT molecular complexity index is 524. The highest BCUT2D eigenvalue weighted by Gasteiger charge is 2.38. The molecule has 3 rings (SSSR count). The Hall–Kier alpha value is -0.800. The highest BCUT2D eigenvalue weighted by molar-refractivity contribution is 14.0. The van der Waals surface area contributed by atoms with E-state index in [2.05, 4.69) is 20.5 Å². The van der Waals surface area contributed by atoms with E-state index < -0.39 is 0 Å². The van der Waals surface area contributed by atoms with Crippen LogP contribution < -0.4 is 10.6 Å². The third-order valence-corrected chi connectivity index (χ3v) is 5.52. The molecule has 1 aliphatic heterocycles. The average molecular weight is 476 g/mol. The lowest BCUT2D eigenvalue weighted by Gasteiger charge is -2.48. The first-order valence-corrected chi connectivity index (χ1v) is 9.62. The van der Waals surface area contributed by atoms with E-state index in [0.717, 1.165) is 57.5 Å². The fourth-order valence-electron chi connectivity index (χ4n) is 4.08. The summed E-state index contributed by atoms with van der Waals surface area (Å²) in [6.45, 7) is 5.58. The minimum atomic E-state index is 0. The number of ether oxygens (including phenoxy) is 1. The minimum absolute atomic E-state index is 0. The van der Waals surface area contributed by atoms with Gasteiger partial charge in [-0.2, -0.15) is 0 Å². The van der Waals surface area contributed by atoms with Crippen molar-refractivity contribution in [2.24, 2.45) is 4.99 Å². The number of rotatable bonds is 6. The number of hydrogen-bond acceptors (Lipinski definition) is 4. The summed E-state index contributed by atoms with van der Waals surface area (Å²) in [6, 6.07) is 3.94. The van der Waals surface area contributed by atoms with E-state index in [1.54, 1.807) is 6.26 Å². The fraction of sp³-hybridized carbons (Fsp3) is 0.737. The van der Waals surface area contributed by atoms with E-state index in [1.165, 1.54) is 32.1 Å². The van der Waals surface area contributed by atoms with Crippen LogP contribution in [0.1, 0.15) is 37.9 Å². The Morgan fingerprint density at radius 1 is 1.19 bits per heavy atom. The van der Waals surface area contributed by atoms with Gasteiger partial charge in [-0.15, -0.1) is 24.0 Å². The summed E-state index contributed by atoms with van der Waals surface area (Å²) in [5.41, 5.74) is 0.251. The van der Waals surface area contributed by atoms with Crippen LogP contribution in [0.2, 0.25) is 0 Å². The van der Waals surface area contributed by atoms with Gasteiger partial charge in [-0.05, 0) is 25.0 Å². The number of aliphatic imine (C=N–C) groups is 1. The lowest BCUT2D eigenvalue weighted by Crippen LogP contribution is -2.60. The Morgan fingerprint density at radius 3 is 2.62 bits per heavy atom. The predicted molar refractivity (Wildman–Crippen MR) is 115 cm³/mol. The molecule has 7 heteroatoms. The quantitative estimate of drug-likeness (QED) is 0.376. The molecule has 2 heterocycles. The first-order chi connectivity index (χ1) is 12.3. The molecule has 1 aromatic rings. The van der Waals surface area contributed by atoms with Gasteiger partial charge >= 0.3 is 0 Å². The first kappa shape index (κ1) is 21.5. The number of guanidine groups is 1. The molecule has 26 heavy (non-hydrogen) atoms. The molecule has 1 aliphatic carbocycles. The molecule has 0 atom stereocenters. The van der Waals surface area contributed by atoms with Crippen LogP contribution >= 0.6 is 24.0 Å². The van der Waals surface area contributed by atoms with Crippen molar-refractivity contribution < 1.29 is 9.15 Å². The predicted octanol–water partition coefficient (Wildman–Crippen LogP) is 2.64. The normalized spacial score (nSPS) is 21.0. The maximum Gasteiger partial charge on any atom is 0.191 e. The van der Waals surface area contributed by atoms with Gasteiger partial charge in [0.15, 0.2) is 5.96 Å². The average Bonchev–Trinajstić information content (AvgIpc) is 3.19. The van der Waals surface area contributed by atoms with Crippen LogP contribution in [0.3, 0.4) is 0 Å². The van der Waals surface area contributed by atoms with Crippen molar-refractivity contribution in [3.63, 3.8) is 0 Å². The van der Waals surface area contributed by atoms with Crippen LogP contribution in [0.25, 0.3) is 0 Å². The van der Waals surface area contributed by atoms with Crippen molar-refractivity contribution in [2.75, 3.05) is 46.4 Å². The van der Waals surface area contributed by atoms with Crippen molar-refractivity contribution in [1.82, 2.24) is 15.5 Å². The van der Waals surface area contributed by atoms with Crippen molar-refractivity contribution in [3.8, 4) is 0 Å². The molecule has 2 aliphatic rings. The molecular weight excluding hydrogens is 443 g/mol. The standard InChI is InChI=1S/C19H32N4O2.HI/c1-20-18(21-10-7-17-6-5-13-25-17)22-16-19(8-3-2-4-9-19)23-11-14-24-15-12-23;/h5-6,13H,2-4,7-12,14-16H2,1H3,(H2,20,21,22);1H. The summed E-state index contributed by atoms with van der Waals surface area (Å²) in [4.78, 5) is 7.04. The third-order valence-electron chi connectivity index (χ3n) is 5.52. The SMILES string of the molecule is CN=C(NCCc1ccco1)NCC1(N2CCOCC2)CCCCC1.I. The van der Waals surface area contributed by atoms with Crippen molar-refractivity contribution in [3.05, 3.63) is 24.2 Å². The number of nitrogens with one attached hydrogen (secondary N) is 2. The molecule has 0 spiro atoms. The fourth-order valence-corrected chi connectivity index (χ4v) is 4.08. The Morgan fingerprint density at radius 2 is 1.96 bits per heavy atom. The molecule has 0 bridgehead atoms. The van der Waals surface area contributed by atoms with Gasteiger partial charge in [-0.1, -0.05) is 19.3 Å². The lowest BCUT2D eigenvalue weighted by molar-refractivity contribution is -0.0352. The zero-order valence-corrected chi connectivity index (χ0v) is 18.2. The van der Waals surface area contributed by atoms with E-state index in [1.807, 2.05) is 19.2 Å². The van der Waals surface area contributed by atoms with Gasteiger partial charge in [-0.3, -0.25) is 9.89 Å². The summed E-state index contributed by atoms with van der Waals surface area (Å²) in [6.07, 6.45) is 9.13. The smallest absolute Gasteiger partial charge is 0.191 e. The van der Waals surface area contributed by atoms with Crippen molar-refractivity contribution in [2.45, 2.75) is 44.1 Å². The Balaban J connectivity index is 0.00000243. The van der Waals surface area contributed by atoms with E-state index >= 15 is 0 Å². The van der Waals surface area contributed by atoms with Crippen LogP contribution in [-0.2, 0) is 11.2 Å². The molecule has 0 aromatic carbocycles. The van der Waals surface area contributed by atoms with Gasteiger partial charge in [0.25, 0.3) is 0 Å². The van der Waals surface area contributed by atoms with E-state index in [9.17, 15) is 0 Å². The molecule has 0 unspecified atom stereocenters. The zero-order chi connectivity index (χ0) is 17.4. The van der Waals surface area contributed by atoms with Crippen LogP contribution in [0, 0.1) is 0 Å².